The number of nitrogens with one attached hydrogen (secondary N) is 1. The van der Waals surface area contributed by atoms with E-state index in [9.17, 15) is 0 Å². The maximum Gasteiger partial charge on any atom is 0.0967 e. The van der Waals surface area contributed by atoms with Crippen LogP contribution in [0.2, 0.25) is 5.02 Å². The minimum absolute atomic E-state index is 0. The molecule has 0 spiro atoms. The topological polar surface area (TPSA) is 24.9 Å². The zero-order valence-electron chi connectivity index (χ0n) is 11.4. The lowest BCUT2D eigenvalue weighted by atomic mass is 9.99. The lowest BCUT2D eigenvalue weighted by Gasteiger charge is -2.20. The molecule has 20 heavy (non-hydrogen) atoms. The summed E-state index contributed by atoms with van der Waals surface area (Å²) in [6.07, 6.45) is 2.40. The third-order valence-electron chi connectivity index (χ3n) is 3.62. The Morgan fingerprint density at radius 1 is 1.20 bits per heavy atom. The molecule has 2 nitrogen and oxygen atoms in total. The van der Waals surface area contributed by atoms with Crippen molar-refractivity contribution in [2.75, 3.05) is 13.1 Å². The van der Waals surface area contributed by atoms with Gasteiger partial charge >= 0.3 is 0 Å². The Bertz CT molecular complexity index is 560. The van der Waals surface area contributed by atoms with E-state index in [1.54, 1.807) is 0 Å². The molecule has 1 N–H and O–H groups in total. The highest BCUT2D eigenvalue weighted by Gasteiger charge is 2.20. The van der Waals surface area contributed by atoms with E-state index in [2.05, 4.69) is 24.4 Å². The molecule has 108 valence electrons. The quantitative estimate of drug-likeness (QED) is 0.867. The third-order valence-corrected chi connectivity index (χ3v) is 5.00. The van der Waals surface area contributed by atoms with Crippen LogP contribution in [0.15, 0.2) is 24.3 Å². The van der Waals surface area contributed by atoms with Crippen LogP contribution < -0.4 is 5.32 Å². The van der Waals surface area contributed by atoms with Crippen LogP contribution in [-0.4, -0.2) is 18.1 Å². The predicted octanol–water partition coefficient (Wildman–Crippen LogP) is 4.66. The minimum Gasteiger partial charge on any atom is -0.317 e. The summed E-state index contributed by atoms with van der Waals surface area (Å²) < 4.78 is 0. The van der Waals surface area contributed by atoms with Gasteiger partial charge in [-0.3, -0.25) is 0 Å². The third kappa shape index (κ3) is 3.34. The Labute approximate surface area is 135 Å². The normalized spacial score (nSPS) is 15.9. The van der Waals surface area contributed by atoms with Crippen molar-refractivity contribution in [3.8, 4) is 11.3 Å². The van der Waals surface area contributed by atoms with Gasteiger partial charge < -0.3 is 5.32 Å². The highest BCUT2D eigenvalue weighted by molar-refractivity contribution is 7.12. The zero-order valence-corrected chi connectivity index (χ0v) is 13.7. The van der Waals surface area contributed by atoms with Crippen LogP contribution in [0.5, 0.6) is 0 Å². The van der Waals surface area contributed by atoms with Gasteiger partial charge in [0.15, 0.2) is 0 Å². The fourth-order valence-electron chi connectivity index (χ4n) is 2.54. The Morgan fingerprint density at radius 3 is 2.50 bits per heavy atom. The number of hydrogen-bond acceptors (Lipinski definition) is 3. The van der Waals surface area contributed by atoms with Gasteiger partial charge in [-0.1, -0.05) is 23.7 Å². The maximum absolute atomic E-state index is 5.94. The molecule has 0 atom stereocenters. The number of nitrogens with zero attached hydrogens (tertiary/aromatic N) is 1. The second-order valence-electron chi connectivity index (χ2n) is 4.99. The van der Waals surface area contributed by atoms with E-state index in [1.807, 2.05) is 23.5 Å². The molecule has 1 aromatic heterocycles. The Balaban J connectivity index is 0.00000147. The van der Waals surface area contributed by atoms with Crippen LogP contribution in [0, 0.1) is 6.92 Å². The van der Waals surface area contributed by atoms with Crippen molar-refractivity contribution in [2.24, 2.45) is 0 Å². The summed E-state index contributed by atoms with van der Waals surface area (Å²) in [5.41, 5.74) is 2.29. The van der Waals surface area contributed by atoms with Gasteiger partial charge in [0, 0.05) is 21.4 Å². The molecule has 5 heteroatoms. The van der Waals surface area contributed by atoms with Gasteiger partial charge in [0.25, 0.3) is 0 Å². The van der Waals surface area contributed by atoms with Gasteiger partial charge in [0.2, 0.25) is 0 Å². The van der Waals surface area contributed by atoms with Crippen LogP contribution >= 0.6 is 35.3 Å². The van der Waals surface area contributed by atoms with Gasteiger partial charge in [-0.05, 0) is 45.0 Å². The summed E-state index contributed by atoms with van der Waals surface area (Å²) in [6, 6.07) is 7.97. The fraction of sp³-hybridized carbons (Fsp3) is 0.400. The largest absolute Gasteiger partial charge is 0.317 e. The summed E-state index contributed by atoms with van der Waals surface area (Å²) in [5, 5.41) is 5.47. The first-order chi connectivity index (χ1) is 9.24. The lowest BCUT2D eigenvalue weighted by molar-refractivity contribution is 0.459. The molecule has 1 saturated heterocycles. The number of hydrogen-bond donors (Lipinski definition) is 1. The van der Waals surface area contributed by atoms with E-state index in [0.717, 1.165) is 23.8 Å². The minimum atomic E-state index is 0. The standard InChI is InChI=1S/C15H17ClN2S.ClH/c1-10-14(11-2-4-13(16)5-3-11)18-15(19-10)12-6-8-17-9-7-12;/h2-5,12,17H,6-9H2,1H3;1H. The molecule has 2 aromatic rings. The van der Waals surface area contributed by atoms with Crippen molar-refractivity contribution in [3.63, 3.8) is 0 Å². The van der Waals surface area contributed by atoms with Crippen molar-refractivity contribution in [1.29, 1.82) is 0 Å². The molecular weight excluding hydrogens is 311 g/mol. The lowest BCUT2D eigenvalue weighted by Crippen LogP contribution is -2.26. The van der Waals surface area contributed by atoms with Gasteiger partial charge in [0.05, 0.1) is 10.7 Å². The molecule has 0 aliphatic carbocycles. The second kappa shape index (κ2) is 6.90. The number of halogens is 2. The van der Waals surface area contributed by atoms with Crippen molar-refractivity contribution in [1.82, 2.24) is 10.3 Å². The first kappa shape index (κ1) is 15.8. The van der Waals surface area contributed by atoms with Gasteiger partial charge in [-0.2, -0.15) is 0 Å². The highest BCUT2D eigenvalue weighted by atomic mass is 35.5. The van der Waals surface area contributed by atoms with Gasteiger partial charge in [0.1, 0.15) is 0 Å². The van der Waals surface area contributed by atoms with Crippen molar-refractivity contribution >= 4 is 35.3 Å². The summed E-state index contributed by atoms with van der Waals surface area (Å²) >= 11 is 7.79. The average Bonchev–Trinajstić information content (AvgIpc) is 2.83. The number of piperidine rings is 1. The molecule has 0 amide bonds. The monoisotopic (exact) mass is 328 g/mol. The molecule has 0 bridgehead atoms. The summed E-state index contributed by atoms with van der Waals surface area (Å²) in [5.74, 6) is 0.631. The van der Waals surface area contributed by atoms with Crippen LogP contribution in [0.3, 0.4) is 0 Å². The molecule has 0 saturated carbocycles. The molecule has 1 aliphatic heterocycles. The Kier molecular flexibility index (Phi) is 5.44. The van der Waals surface area contributed by atoms with E-state index in [1.165, 1.54) is 28.3 Å². The second-order valence-corrected chi connectivity index (χ2v) is 6.66. The van der Waals surface area contributed by atoms with Crippen LogP contribution in [0.1, 0.15) is 28.6 Å². The maximum atomic E-state index is 5.94. The Morgan fingerprint density at radius 2 is 1.85 bits per heavy atom. The van der Waals surface area contributed by atoms with E-state index < -0.39 is 0 Å². The zero-order chi connectivity index (χ0) is 13.2. The number of benzene rings is 1. The molecule has 1 aliphatic rings. The van der Waals surface area contributed by atoms with Gasteiger partial charge in [-0.15, -0.1) is 23.7 Å². The number of aryl methyl sites for hydroxylation is 1. The molecule has 0 radical (unpaired) electrons. The summed E-state index contributed by atoms with van der Waals surface area (Å²) in [7, 11) is 0. The average molecular weight is 329 g/mol. The predicted molar refractivity (Wildman–Crippen MR) is 89.4 cm³/mol. The van der Waals surface area contributed by atoms with E-state index in [0.29, 0.717) is 5.92 Å². The highest BCUT2D eigenvalue weighted by Crippen LogP contribution is 2.34. The van der Waals surface area contributed by atoms with Crippen LogP contribution in [0.25, 0.3) is 11.3 Å². The van der Waals surface area contributed by atoms with Gasteiger partial charge in [-0.25, -0.2) is 4.98 Å². The van der Waals surface area contributed by atoms with Crippen LogP contribution in [-0.2, 0) is 0 Å². The van der Waals surface area contributed by atoms with E-state index in [-0.39, 0.29) is 12.4 Å². The van der Waals surface area contributed by atoms with Crippen molar-refractivity contribution in [3.05, 3.63) is 39.2 Å². The molecular formula is C15H18Cl2N2S. The summed E-state index contributed by atoms with van der Waals surface area (Å²) in [6.45, 7) is 4.38. The van der Waals surface area contributed by atoms with Crippen LogP contribution in [0.4, 0.5) is 0 Å². The van der Waals surface area contributed by atoms with E-state index >= 15 is 0 Å². The number of thiazole rings is 1. The number of rotatable bonds is 2. The molecule has 3 rings (SSSR count). The first-order valence-corrected chi connectivity index (χ1v) is 7.87. The molecule has 1 aromatic carbocycles. The SMILES string of the molecule is Cc1sc(C2CCNCC2)nc1-c1ccc(Cl)cc1.Cl. The molecule has 2 heterocycles. The summed E-state index contributed by atoms with van der Waals surface area (Å²) in [4.78, 5) is 6.18. The Hall–Kier alpha value is -0.610. The number of aromatic nitrogens is 1. The smallest absolute Gasteiger partial charge is 0.0967 e. The van der Waals surface area contributed by atoms with Crippen molar-refractivity contribution < 1.29 is 0 Å². The molecule has 0 unspecified atom stereocenters. The van der Waals surface area contributed by atoms with Crippen molar-refractivity contribution in [2.45, 2.75) is 25.7 Å². The van der Waals surface area contributed by atoms with E-state index in [4.69, 9.17) is 16.6 Å². The molecule has 1 fully saturated rings. The fourth-order valence-corrected chi connectivity index (χ4v) is 3.78. The first-order valence-electron chi connectivity index (χ1n) is 6.68.